The molecule has 2 aliphatic heterocycles. The highest BCUT2D eigenvalue weighted by Gasteiger charge is 2.32. The summed E-state index contributed by atoms with van der Waals surface area (Å²) in [4.78, 5) is 17.4. The molecule has 2 aliphatic rings. The van der Waals surface area contributed by atoms with Crippen LogP contribution in [0.5, 0.6) is 0 Å². The lowest BCUT2D eigenvalue weighted by atomic mass is 10.1. The monoisotopic (exact) mass is 416 g/mol. The summed E-state index contributed by atoms with van der Waals surface area (Å²) in [5, 5.41) is 7.87. The average molecular weight is 417 g/mol. The van der Waals surface area contributed by atoms with Gasteiger partial charge in [-0.15, -0.1) is 0 Å². The highest BCUT2D eigenvalue weighted by molar-refractivity contribution is 8.18. The molecule has 0 aliphatic carbocycles. The molecular formula is C19H20N4O3S2. The summed E-state index contributed by atoms with van der Waals surface area (Å²) in [5.41, 5.74) is 3.27. The van der Waals surface area contributed by atoms with Gasteiger partial charge in [0.15, 0.2) is 15.0 Å². The Balaban J connectivity index is 1.61. The average Bonchev–Trinajstić information content (AvgIpc) is 3.27. The second-order valence-electron chi connectivity index (χ2n) is 6.90. The van der Waals surface area contributed by atoms with Crippen molar-refractivity contribution in [2.24, 2.45) is 4.99 Å². The Morgan fingerprint density at radius 3 is 2.71 bits per heavy atom. The summed E-state index contributed by atoms with van der Waals surface area (Å²) in [6.07, 6.45) is 2.38. The standard InChI is InChI=1S/C19H20N4O3S2/c1-12-16(13(2)23(22-12)15-8-9-28(25,26)11-15)10-17-18(24)21-19(27-17)20-14-6-4-3-5-7-14/h3-7,10,15H,8-9,11H2,1-2H3,(H,20,21,24)/b17-10-/t15-/m1/s1. The molecule has 1 aromatic carbocycles. The summed E-state index contributed by atoms with van der Waals surface area (Å²) < 4.78 is 25.4. The van der Waals surface area contributed by atoms with Crippen LogP contribution in [0.3, 0.4) is 0 Å². The molecule has 2 fully saturated rings. The van der Waals surface area contributed by atoms with E-state index in [2.05, 4.69) is 15.4 Å². The van der Waals surface area contributed by atoms with Gasteiger partial charge in [-0.3, -0.25) is 9.48 Å². The summed E-state index contributed by atoms with van der Waals surface area (Å²) >= 11 is 1.28. The number of aliphatic imine (C=N–C) groups is 1. The van der Waals surface area contributed by atoms with Crippen LogP contribution in [0.1, 0.15) is 29.4 Å². The maximum absolute atomic E-state index is 12.4. The number of carbonyl (C=O) groups is 1. The Morgan fingerprint density at radius 2 is 2.04 bits per heavy atom. The van der Waals surface area contributed by atoms with Gasteiger partial charge in [-0.1, -0.05) is 18.2 Å². The van der Waals surface area contributed by atoms with Crippen molar-refractivity contribution in [3.63, 3.8) is 0 Å². The third-order valence-corrected chi connectivity index (χ3v) is 7.51. The quantitative estimate of drug-likeness (QED) is 0.777. The number of aryl methyl sites for hydroxylation is 1. The van der Waals surface area contributed by atoms with Crippen LogP contribution in [-0.4, -0.2) is 40.8 Å². The van der Waals surface area contributed by atoms with Gasteiger partial charge < -0.3 is 5.32 Å². The molecule has 1 aromatic heterocycles. The first-order valence-electron chi connectivity index (χ1n) is 8.93. The Bertz CT molecular complexity index is 1100. The smallest absolute Gasteiger partial charge is 0.264 e. The van der Waals surface area contributed by atoms with Crippen molar-refractivity contribution in [2.75, 3.05) is 11.5 Å². The van der Waals surface area contributed by atoms with Gasteiger partial charge in [-0.05, 0) is 50.2 Å². The molecule has 28 heavy (non-hydrogen) atoms. The fourth-order valence-electron chi connectivity index (χ4n) is 3.44. The minimum Gasteiger partial charge on any atom is -0.300 e. The minimum absolute atomic E-state index is 0.119. The zero-order valence-electron chi connectivity index (χ0n) is 15.5. The Kier molecular flexibility index (Phi) is 4.88. The number of aromatic nitrogens is 2. The van der Waals surface area contributed by atoms with Gasteiger partial charge in [0, 0.05) is 11.3 Å². The molecule has 146 valence electrons. The van der Waals surface area contributed by atoms with E-state index in [4.69, 9.17) is 0 Å². The van der Waals surface area contributed by atoms with Gasteiger partial charge in [0.2, 0.25) is 0 Å². The van der Waals surface area contributed by atoms with E-state index < -0.39 is 9.84 Å². The topological polar surface area (TPSA) is 93.4 Å². The molecule has 1 N–H and O–H groups in total. The largest absolute Gasteiger partial charge is 0.300 e. The Morgan fingerprint density at radius 1 is 1.29 bits per heavy atom. The van der Waals surface area contributed by atoms with Gasteiger partial charge in [-0.25, -0.2) is 13.4 Å². The van der Waals surface area contributed by atoms with Gasteiger partial charge in [0.25, 0.3) is 5.91 Å². The molecule has 0 radical (unpaired) electrons. The highest BCUT2D eigenvalue weighted by atomic mass is 32.2. The molecule has 0 unspecified atom stereocenters. The number of nitrogens with one attached hydrogen (secondary N) is 1. The van der Waals surface area contributed by atoms with Gasteiger partial charge >= 0.3 is 0 Å². The number of amidine groups is 1. The van der Waals surface area contributed by atoms with E-state index in [0.29, 0.717) is 16.5 Å². The predicted molar refractivity (Wildman–Crippen MR) is 111 cm³/mol. The molecule has 2 saturated heterocycles. The van der Waals surface area contributed by atoms with E-state index >= 15 is 0 Å². The van der Waals surface area contributed by atoms with Crippen molar-refractivity contribution >= 4 is 44.4 Å². The number of amides is 1. The number of para-hydroxylation sites is 1. The van der Waals surface area contributed by atoms with E-state index in [9.17, 15) is 13.2 Å². The molecule has 1 atom stereocenters. The SMILES string of the molecule is Cc1nn([C@@H]2CCS(=O)(=O)C2)c(C)c1/C=C1\SC(=Nc2ccccc2)NC1=O. The number of rotatable bonds is 3. The van der Waals surface area contributed by atoms with Crippen LogP contribution in [0, 0.1) is 13.8 Å². The summed E-state index contributed by atoms with van der Waals surface area (Å²) in [6.45, 7) is 3.78. The van der Waals surface area contributed by atoms with Gasteiger partial charge in [0.05, 0.1) is 33.8 Å². The van der Waals surface area contributed by atoms with Crippen LogP contribution in [0.25, 0.3) is 6.08 Å². The van der Waals surface area contributed by atoms with Crippen molar-refractivity contribution < 1.29 is 13.2 Å². The Hall–Kier alpha value is -2.39. The van der Waals surface area contributed by atoms with Crippen molar-refractivity contribution in [3.8, 4) is 0 Å². The molecule has 0 spiro atoms. The number of hydrogen-bond donors (Lipinski definition) is 1. The first-order valence-corrected chi connectivity index (χ1v) is 11.6. The van der Waals surface area contributed by atoms with Crippen LogP contribution in [0.4, 0.5) is 5.69 Å². The fraction of sp³-hybridized carbons (Fsp3) is 0.316. The molecule has 0 saturated carbocycles. The van der Waals surface area contributed by atoms with Crippen LogP contribution in [0.15, 0.2) is 40.2 Å². The van der Waals surface area contributed by atoms with Gasteiger partial charge in [-0.2, -0.15) is 5.10 Å². The second kappa shape index (κ2) is 7.21. The number of sulfone groups is 1. The molecule has 4 rings (SSSR count). The van der Waals surface area contributed by atoms with Crippen LogP contribution < -0.4 is 5.32 Å². The lowest BCUT2D eigenvalue weighted by Crippen LogP contribution is -2.19. The maximum Gasteiger partial charge on any atom is 0.264 e. The van der Waals surface area contributed by atoms with Crippen molar-refractivity contribution in [1.82, 2.24) is 15.1 Å². The van der Waals surface area contributed by atoms with E-state index in [-0.39, 0.29) is 23.5 Å². The summed E-state index contributed by atoms with van der Waals surface area (Å²) in [6, 6.07) is 9.29. The van der Waals surface area contributed by atoms with E-state index in [0.717, 1.165) is 22.6 Å². The predicted octanol–water partition coefficient (Wildman–Crippen LogP) is 2.75. The lowest BCUT2D eigenvalue weighted by Gasteiger charge is -2.11. The summed E-state index contributed by atoms with van der Waals surface area (Å²) in [7, 11) is -2.99. The minimum atomic E-state index is -2.99. The lowest BCUT2D eigenvalue weighted by molar-refractivity contribution is -0.115. The normalized spacial score (nSPS) is 24.2. The zero-order valence-corrected chi connectivity index (χ0v) is 17.2. The number of hydrogen-bond acceptors (Lipinski definition) is 6. The molecular weight excluding hydrogens is 396 g/mol. The second-order valence-corrected chi connectivity index (χ2v) is 10.2. The third-order valence-electron chi connectivity index (χ3n) is 4.85. The molecule has 9 heteroatoms. The van der Waals surface area contributed by atoms with E-state index in [1.165, 1.54) is 11.8 Å². The molecule has 2 aromatic rings. The zero-order chi connectivity index (χ0) is 19.9. The highest BCUT2D eigenvalue weighted by Crippen LogP contribution is 2.31. The molecule has 1 amide bonds. The fourth-order valence-corrected chi connectivity index (χ4v) is 5.96. The summed E-state index contributed by atoms with van der Waals surface area (Å²) in [5.74, 6) is 0.118. The van der Waals surface area contributed by atoms with Crippen molar-refractivity contribution in [2.45, 2.75) is 26.3 Å². The van der Waals surface area contributed by atoms with Crippen LogP contribution in [0.2, 0.25) is 0 Å². The molecule has 3 heterocycles. The van der Waals surface area contributed by atoms with Crippen molar-refractivity contribution in [1.29, 1.82) is 0 Å². The number of benzene rings is 1. The van der Waals surface area contributed by atoms with Crippen molar-refractivity contribution in [3.05, 3.63) is 52.2 Å². The molecule has 7 nitrogen and oxygen atoms in total. The molecule has 0 bridgehead atoms. The Labute approximate surface area is 167 Å². The van der Waals surface area contributed by atoms with Crippen LogP contribution >= 0.6 is 11.8 Å². The number of thioether (sulfide) groups is 1. The number of carbonyl (C=O) groups excluding carboxylic acids is 1. The van der Waals surface area contributed by atoms with E-state index in [1.807, 2.05) is 50.3 Å². The first-order chi connectivity index (χ1) is 13.3. The van der Waals surface area contributed by atoms with E-state index in [1.54, 1.807) is 4.68 Å². The van der Waals surface area contributed by atoms with Gasteiger partial charge in [0.1, 0.15) is 0 Å². The first kappa shape index (κ1) is 18.9. The maximum atomic E-state index is 12.4. The third kappa shape index (κ3) is 3.77. The van der Waals surface area contributed by atoms with Crippen LogP contribution in [-0.2, 0) is 14.6 Å². The number of nitrogens with zero attached hydrogens (tertiary/aromatic N) is 3.